The molecule has 0 spiro atoms. The van der Waals surface area contributed by atoms with Crippen LogP contribution in [0.2, 0.25) is 0 Å². The van der Waals surface area contributed by atoms with Gasteiger partial charge in [0.25, 0.3) is 0 Å². The highest BCUT2D eigenvalue weighted by Gasteiger charge is 2.44. The van der Waals surface area contributed by atoms with E-state index in [4.69, 9.17) is 9.47 Å². The molecule has 1 aliphatic heterocycles. The summed E-state index contributed by atoms with van der Waals surface area (Å²) in [4.78, 5) is 4.14. The molecule has 1 aliphatic carbocycles. The number of ether oxygens (including phenoxy) is 2. The number of aliphatic hydroxyl groups is 2. The highest BCUT2D eigenvalue weighted by molar-refractivity contribution is 5.64. The zero-order valence-corrected chi connectivity index (χ0v) is 23.9. The molecule has 2 heterocycles. The van der Waals surface area contributed by atoms with Crippen LogP contribution in [0.15, 0.2) is 36.7 Å². The molecule has 8 heteroatoms. The van der Waals surface area contributed by atoms with Crippen molar-refractivity contribution in [1.29, 1.82) is 0 Å². The highest BCUT2D eigenvalue weighted by atomic mass is 16.5. The molecule has 5 N–H and O–H groups in total. The van der Waals surface area contributed by atoms with Gasteiger partial charge in [-0.2, -0.15) is 12.4 Å². The molecule has 1 saturated carbocycles. The summed E-state index contributed by atoms with van der Waals surface area (Å²) >= 11 is 0. The maximum Gasteiger partial charge on any atom is 0.201 e. The van der Waals surface area contributed by atoms with Crippen LogP contribution in [0.4, 0.5) is 0 Å². The van der Waals surface area contributed by atoms with Gasteiger partial charge < -0.3 is 40.0 Å². The minimum Gasteiger partial charge on any atom is -0.670 e. The molecule has 8 nitrogen and oxygen atoms in total. The van der Waals surface area contributed by atoms with E-state index in [1.165, 1.54) is 12.7 Å². The number of nitrogens with zero attached hydrogens (tertiary/aromatic N) is 1. The molecule has 0 radical (unpaired) electrons. The van der Waals surface area contributed by atoms with E-state index in [2.05, 4.69) is 18.0 Å². The van der Waals surface area contributed by atoms with Crippen LogP contribution in [0.25, 0.3) is 0 Å². The molecule has 41 heavy (non-hydrogen) atoms. The van der Waals surface area contributed by atoms with Crippen molar-refractivity contribution < 1.29 is 35.0 Å². The fraction of sp³-hybridized carbons (Fsp3) is 0.515. The van der Waals surface area contributed by atoms with E-state index < -0.39 is 30.3 Å². The van der Waals surface area contributed by atoms with Crippen molar-refractivity contribution in [3.05, 3.63) is 70.0 Å². The van der Waals surface area contributed by atoms with Crippen LogP contribution in [0, 0.1) is 5.92 Å². The fourth-order valence-electron chi connectivity index (χ4n) is 6.92. The molecule has 0 bridgehead atoms. The van der Waals surface area contributed by atoms with Crippen LogP contribution in [-0.4, -0.2) is 44.9 Å². The number of hydrogen-bond donors (Lipinski definition) is 5. The number of aliphatic hydroxyl groups excluding tert-OH is 2. The first-order chi connectivity index (χ1) is 19.9. The number of benzene rings is 2. The van der Waals surface area contributed by atoms with E-state index in [0.717, 1.165) is 56.1 Å². The number of aromatic nitrogens is 1. The largest absolute Gasteiger partial charge is 0.670 e. The summed E-state index contributed by atoms with van der Waals surface area (Å²) in [6, 6.07) is 7.79. The van der Waals surface area contributed by atoms with E-state index in [-0.39, 0.29) is 29.3 Å². The van der Waals surface area contributed by atoms with E-state index in [0.29, 0.717) is 29.7 Å². The molecule has 2 fully saturated rings. The number of aromatic hydroxyl groups is 3. The maximum atomic E-state index is 11.3. The first-order valence-electron chi connectivity index (χ1n) is 14.8. The molecule has 5 rings (SSSR count). The lowest BCUT2D eigenvalue weighted by Crippen LogP contribution is -2.44. The number of hydrogen-bond acceptors (Lipinski definition) is 7. The van der Waals surface area contributed by atoms with Gasteiger partial charge in [-0.15, -0.1) is 0 Å². The van der Waals surface area contributed by atoms with Gasteiger partial charge in [0, 0.05) is 23.5 Å². The van der Waals surface area contributed by atoms with Gasteiger partial charge in [0.05, 0.1) is 32.0 Å². The number of fused-ring (bicyclic) bond motifs is 1. The summed E-state index contributed by atoms with van der Waals surface area (Å²) in [5.74, 6) is -0.196. The molecule has 3 aromatic rings. The number of phenolic OH excluding ortho intramolecular Hbond substituents is 2. The molecule has 0 amide bonds. The Bertz CT molecular complexity index is 1320. The lowest BCUT2D eigenvalue weighted by Gasteiger charge is -2.45. The van der Waals surface area contributed by atoms with Gasteiger partial charge in [0.2, 0.25) is 5.75 Å². The Morgan fingerprint density at radius 3 is 2.56 bits per heavy atom. The summed E-state index contributed by atoms with van der Waals surface area (Å²) in [5, 5.41) is 53.7. The van der Waals surface area contributed by atoms with Crippen molar-refractivity contribution in [3.63, 3.8) is 0 Å². The SMILES string of the molecule is CCCCCc1cc(C2CCC3C(O)CC(c4c(CO)c(O)c(O)c(OC)c4Cc4cc[n-]c4)OC3C2)ccc1O. The Hall–Kier alpha value is -3.20. The lowest BCUT2D eigenvalue weighted by atomic mass is 9.71. The molecule has 2 aliphatic rings. The van der Waals surface area contributed by atoms with Gasteiger partial charge in [-0.05, 0) is 67.2 Å². The van der Waals surface area contributed by atoms with Crippen LogP contribution in [-0.2, 0) is 24.2 Å². The van der Waals surface area contributed by atoms with Gasteiger partial charge in [0.15, 0.2) is 11.5 Å². The van der Waals surface area contributed by atoms with Crippen LogP contribution in [0.5, 0.6) is 23.0 Å². The minimum absolute atomic E-state index is 0.0171. The summed E-state index contributed by atoms with van der Waals surface area (Å²) < 4.78 is 12.3. The molecular formula is C33H42NO7-. The Balaban J connectivity index is 1.46. The predicted octanol–water partition coefficient (Wildman–Crippen LogP) is 5.36. The van der Waals surface area contributed by atoms with Crippen molar-refractivity contribution in [1.82, 2.24) is 4.98 Å². The second kappa shape index (κ2) is 12.8. The molecule has 2 aromatic carbocycles. The summed E-state index contributed by atoms with van der Waals surface area (Å²) in [6.07, 6.45) is 9.19. The summed E-state index contributed by atoms with van der Waals surface area (Å²) in [6.45, 7) is 1.66. The molecule has 5 unspecified atom stereocenters. The second-order valence-corrected chi connectivity index (χ2v) is 11.6. The quantitative estimate of drug-likeness (QED) is 0.164. The Morgan fingerprint density at radius 2 is 1.85 bits per heavy atom. The standard InChI is InChI=1S/C33H42NO7/c1-3-4-5-6-22-14-20(8-10-26(22)36)21-7-9-23-27(37)16-29(41-28(23)15-21)30-24(13-19-11-12-34-17-19)33(40-2)32(39)31(38)25(30)18-35/h8,10-12,14,17,21,23,27-29,35-39H,3-7,9,13,15-16,18H2,1-2H3/q-1. The summed E-state index contributed by atoms with van der Waals surface area (Å²) in [7, 11) is 1.43. The van der Waals surface area contributed by atoms with Crippen LogP contribution < -0.4 is 9.72 Å². The Morgan fingerprint density at radius 1 is 1.02 bits per heavy atom. The van der Waals surface area contributed by atoms with E-state index in [9.17, 15) is 25.5 Å². The lowest BCUT2D eigenvalue weighted by molar-refractivity contribution is -0.154. The van der Waals surface area contributed by atoms with Gasteiger partial charge >= 0.3 is 0 Å². The Labute approximate surface area is 241 Å². The van der Waals surface area contributed by atoms with Crippen molar-refractivity contribution in [2.45, 2.75) is 95.5 Å². The van der Waals surface area contributed by atoms with E-state index in [1.807, 2.05) is 12.1 Å². The van der Waals surface area contributed by atoms with Gasteiger partial charge in [-0.3, -0.25) is 0 Å². The van der Waals surface area contributed by atoms with Crippen molar-refractivity contribution >= 4 is 0 Å². The van der Waals surface area contributed by atoms with Gasteiger partial charge in [0.1, 0.15) is 5.75 Å². The minimum atomic E-state index is -0.619. The number of phenols is 3. The molecule has 222 valence electrons. The average molecular weight is 565 g/mol. The number of rotatable bonds is 10. The normalized spacial score (nSPS) is 24.2. The highest BCUT2D eigenvalue weighted by Crippen LogP contribution is 2.52. The van der Waals surface area contributed by atoms with Crippen LogP contribution in [0.3, 0.4) is 0 Å². The molecular weight excluding hydrogens is 522 g/mol. The fourth-order valence-corrected chi connectivity index (χ4v) is 6.92. The van der Waals surface area contributed by atoms with Crippen molar-refractivity contribution in [2.75, 3.05) is 7.11 Å². The predicted molar refractivity (Wildman–Crippen MR) is 154 cm³/mol. The average Bonchev–Trinajstić information content (AvgIpc) is 3.49. The first kappa shape index (κ1) is 29.3. The molecule has 1 aromatic heterocycles. The topological polar surface area (TPSA) is 134 Å². The number of methoxy groups -OCH3 is 1. The zero-order chi connectivity index (χ0) is 29.1. The third-order valence-electron chi connectivity index (χ3n) is 9.09. The second-order valence-electron chi connectivity index (χ2n) is 11.6. The third kappa shape index (κ3) is 5.92. The van der Waals surface area contributed by atoms with E-state index in [1.54, 1.807) is 18.5 Å². The van der Waals surface area contributed by atoms with Crippen LogP contribution >= 0.6 is 0 Å². The van der Waals surface area contributed by atoms with Gasteiger partial charge in [-0.25, -0.2) is 0 Å². The van der Waals surface area contributed by atoms with E-state index >= 15 is 0 Å². The molecule has 1 saturated heterocycles. The van der Waals surface area contributed by atoms with Crippen LogP contribution in [0.1, 0.15) is 97.3 Å². The molecule has 5 atom stereocenters. The van der Waals surface area contributed by atoms with Crippen molar-refractivity contribution in [3.8, 4) is 23.0 Å². The first-order valence-corrected chi connectivity index (χ1v) is 14.8. The number of aryl methyl sites for hydroxylation is 1. The smallest absolute Gasteiger partial charge is 0.201 e. The zero-order valence-electron chi connectivity index (χ0n) is 23.9. The van der Waals surface area contributed by atoms with Gasteiger partial charge in [-0.1, -0.05) is 43.5 Å². The monoisotopic (exact) mass is 564 g/mol. The third-order valence-corrected chi connectivity index (χ3v) is 9.09. The maximum absolute atomic E-state index is 11.3. The summed E-state index contributed by atoms with van der Waals surface area (Å²) in [5.41, 5.74) is 4.36. The number of unbranched alkanes of at least 4 members (excludes halogenated alkanes) is 2. The van der Waals surface area contributed by atoms with Crippen molar-refractivity contribution in [2.24, 2.45) is 5.92 Å². The Kier molecular flexibility index (Phi) is 9.12.